The quantitative estimate of drug-likeness (QED) is 0.699. The number of hydrogen-bond acceptors (Lipinski definition) is 4. The number of esters is 1. The van der Waals surface area contributed by atoms with Crippen molar-refractivity contribution in [2.24, 2.45) is 5.92 Å². The Morgan fingerprint density at radius 2 is 1.78 bits per heavy atom. The van der Waals surface area contributed by atoms with E-state index in [9.17, 15) is 9.90 Å². The Kier molecular flexibility index (Phi) is 10.1. The molecular formula is C18H30ClNO3. The van der Waals surface area contributed by atoms with Crippen molar-refractivity contribution in [3.63, 3.8) is 0 Å². The highest BCUT2D eigenvalue weighted by Crippen LogP contribution is 2.30. The van der Waals surface area contributed by atoms with Crippen LogP contribution in [-0.2, 0) is 15.1 Å². The van der Waals surface area contributed by atoms with E-state index in [-0.39, 0.29) is 18.3 Å². The van der Waals surface area contributed by atoms with Crippen LogP contribution >= 0.6 is 12.4 Å². The minimum absolute atomic E-state index is 0. The van der Waals surface area contributed by atoms with Crippen LogP contribution in [0.3, 0.4) is 0 Å². The SMILES string of the molecule is CCN(CC)CCOC(=O)C(O)(CC(C)C)c1ccccc1.Cl. The van der Waals surface area contributed by atoms with E-state index in [1.807, 2.05) is 32.0 Å². The molecule has 1 aromatic rings. The largest absolute Gasteiger partial charge is 0.462 e. The third-order valence-electron chi connectivity index (χ3n) is 3.83. The van der Waals surface area contributed by atoms with E-state index in [0.29, 0.717) is 25.1 Å². The summed E-state index contributed by atoms with van der Waals surface area (Å²) in [5.74, 6) is -0.375. The fourth-order valence-corrected chi connectivity index (χ4v) is 2.55. The molecule has 0 saturated carbocycles. The van der Waals surface area contributed by atoms with E-state index in [1.54, 1.807) is 12.1 Å². The van der Waals surface area contributed by atoms with E-state index in [1.165, 1.54) is 0 Å². The van der Waals surface area contributed by atoms with Crippen LogP contribution in [0.4, 0.5) is 0 Å². The molecular weight excluding hydrogens is 314 g/mol. The molecule has 5 heteroatoms. The van der Waals surface area contributed by atoms with Crippen molar-refractivity contribution in [3.05, 3.63) is 35.9 Å². The van der Waals surface area contributed by atoms with Gasteiger partial charge in [0.1, 0.15) is 6.61 Å². The summed E-state index contributed by atoms with van der Waals surface area (Å²) in [6.07, 6.45) is 0.348. The van der Waals surface area contributed by atoms with Gasteiger partial charge in [0, 0.05) is 6.54 Å². The molecule has 0 aliphatic heterocycles. The summed E-state index contributed by atoms with van der Waals surface area (Å²) in [5, 5.41) is 10.9. The summed E-state index contributed by atoms with van der Waals surface area (Å²) in [7, 11) is 0. The zero-order chi connectivity index (χ0) is 16.6. The second-order valence-electron chi connectivity index (χ2n) is 5.99. The lowest BCUT2D eigenvalue weighted by molar-refractivity contribution is -0.169. The first kappa shape index (κ1) is 21.9. The van der Waals surface area contributed by atoms with Crippen molar-refractivity contribution in [1.82, 2.24) is 4.90 Å². The van der Waals surface area contributed by atoms with Gasteiger partial charge in [0.25, 0.3) is 0 Å². The van der Waals surface area contributed by atoms with Crippen molar-refractivity contribution in [1.29, 1.82) is 0 Å². The highest BCUT2D eigenvalue weighted by Gasteiger charge is 2.40. The molecule has 1 rings (SSSR count). The van der Waals surface area contributed by atoms with Gasteiger partial charge in [0.05, 0.1) is 0 Å². The van der Waals surface area contributed by atoms with E-state index < -0.39 is 11.6 Å². The summed E-state index contributed by atoms with van der Waals surface area (Å²) in [4.78, 5) is 14.6. The van der Waals surface area contributed by atoms with Crippen LogP contribution in [0.5, 0.6) is 0 Å². The fraction of sp³-hybridized carbons (Fsp3) is 0.611. The molecule has 1 atom stereocenters. The number of carbonyl (C=O) groups is 1. The predicted molar refractivity (Wildman–Crippen MR) is 95.8 cm³/mol. The number of aliphatic hydroxyl groups is 1. The molecule has 0 aliphatic rings. The Balaban J connectivity index is 0.00000484. The minimum atomic E-state index is -1.57. The van der Waals surface area contributed by atoms with Crippen molar-refractivity contribution < 1.29 is 14.6 Å². The second-order valence-corrected chi connectivity index (χ2v) is 5.99. The van der Waals surface area contributed by atoms with E-state index in [4.69, 9.17) is 4.74 Å². The van der Waals surface area contributed by atoms with Gasteiger partial charge in [-0.05, 0) is 31.0 Å². The number of ether oxygens (including phenoxy) is 1. The van der Waals surface area contributed by atoms with Gasteiger partial charge in [0.15, 0.2) is 5.60 Å². The molecule has 0 amide bonds. The number of hydrogen-bond donors (Lipinski definition) is 1. The van der Waals surface area contributed by atoms with Crippen molar-refractivity contribution in [3.8, 4) is 0 Å². The molecule has 0 heterocycles. The van der Waals surface area contributed by atoms with Crippen LogP contribution in [0.1, 0.15) is 39.7 Å². The highest BCUT2D eigenvalue weighted by molar-refractivity contribution is 5.85. The molecule has 0 saturated heterocycles. The van der Waals surface area contributed by atoms with Gasteiger partial charge in [-0.2, -0.15) is 0 Å². The van der Waals surface area contributed by atoms with Crippen molar-refractivity contribution in [2.45, 2.75) is 39.7 Å². The first-order chi connectivity index (χ1) is 10.4. The van der Waals surface area contributed by atoms with Crippen LogP contribution in [0, 0.1) is 5.92 Å². The third kappa shape index (κ3) is 6.50. The van der Waals surface area contributed by atoms with Gasteiger partial charge < -0.3 is 14.7 Å². The summed E-state index contributed by atoms with van der Waals surface area (Å²) >= 11 is 0. The summed E-state index contributed by atoms with van der Waals surface area (Å²) in [6.45, 7) is 10.9. The first-order valence-electron chi connectivity index (χ1n) is 8.11. The molecule has 0 spiro atoms. The Bertz CT molecular complexity index is 449. The predicted octanol–water partition coefficient (Wildman–Crippen LogP) is 3.23. The number of nitrogens with zero attached hydrogens (tertiary/aromatic N) is 1. The Morgan fingerprint density at radius 3 is 2.26 bits per heavy atom. The van der Waals surface area contributed by atoms with Crippen LogP contribution in [0.25, 0.3) is 0 Å². The van der Waals surface area contributed by atoms with Gasteiger partial charge >= 0.3 is 5.97 Å². The lowest BCUT2D eigenvalue weighted by Gasteiger charge is -2.28. The molecule has 1 aromatic carbocycles. The maximum Gasteiger partial charge on any atom is 0.342 e. The summed E-state index contributed by atoms with van der Waals surface area (Å²) in [6, 6.07) is 9.06. The van der Waals surface area contributed by atoms with Gasteiger partial charge in [0.2, 0.25) is 0 Å². The first-order valence-corrected chi connectivity index (χ1v) is 8.11. The molecule has 0 radical (unpaired) electrons. The van der Waals surface area contributed by atoms with Crippen LogP contribution in [-0.4, -0.2) is 42.2 Å². The zero-order valence-corrected chi connectivity index (χ0v) is 15.4. The monoisotopic (exact) mass is 343 g/mol. The maximum absolute atomic E-state index is 12.5. The molecule has 0 aliphatic carbocycles. The molecule has 0 bridgehead atoms. The number of rotatable bonds is 9. The normalized spacial score (nSPS) is 13.5. The lowest BCUT2D eigenvalue weighted by Crippen LogP contribution is -2.40. The summed E-state index contributed by atoms with van der Waals surface area (Å²) in [5.41, 5.74) is -0.977. The molecule has 23 heavy (non-hydrogen) atoms. The smallest absolute Gasteiger partial charge is 0.342 e. The van der Waals surface area contributed by atoms with E-state index in [0.717, 1.165) is 13.1 Å². The maximum atomic E-state index is 12.5. The average Bonchev–Trinajstić information content (AvgIpc) is 2.51. The van der Waals surface area contributed by atoms with Crippen LogP contribution < -0.4 is 0 Å². The molecule has 0 fully saturated rings. The average molecular weight is 344 g/mol. The van der Waals surface area contributed by atoms with E-state index in [2.05, 4.69) is 18.7 Å². The molecule has 4 nitrogen and oxygen atoms in total. The van der Waals surface area contributed by atoms with Crippen LogP contribution in [0.2, 0.25) is 0 Å². The lowest BCUT2D eigenvalue weighted by atomic mass is 9.86. The number of likely N-dealkylation sites (N-methyl/N-ethyl adjacent to an activating group) is 1. The highest BCUT2D eigenvalue weighted by atomic mass is 35.5. The van der Waals surface area contributed by atoms with Crippen molar-refractivity contribution in [2.75, 3.05) is 26.2 Å². The Labute approximate surface area is 146 Å². The molecule has 1 N–H and O–H groups in total. The van der Waals surface area contributed by atoms with E-state index >= 15 is 0 Å². The fourth-order valence-electron chi connectivity index (χ4n) is 2.55. The third-order valence-corrected chi connectivity index (χ3v) is 3.83. The molecule has 0 aromatic heterocycles. The minimum Gasteiger partial charge on any atom is -0.462 e. The number of carbonyl (C=O) groups excluding carboxylic acids is 1. The van der Waals surface area contributed by atoms with Gasteiger partial charge in [-0.25, -0.2) is 4.79 Å². The van der Waals surface area contributed by atoms with Gasteiger partial charge in [-0.1, -0.05) is 58.0 Å². The number of halogens is 1. The standard InChI is InChI=1S/C18H29NO3.ClH/c1-5-19(6-2)12-13-22-17(20)18(21,14-15(3)4)16-10-8-7-9-11-16;/h7-11,15,21H,5-6,12-14H2,1-4H3;1H. The summed E-state index contributed by atoms with van der Waals surface area (Å²) < 4.78 is 5.37. The molecule has 1 unspecified atom stereocenters. The van der Waals surface area contributed by atoms with Crippen molar-refractivity contribution >= 4 is 18.4 Å². The Hall–Kier alpha value is -1.10. The zero-order valence-electron chi connectivity index (χ0n) is 14.6. The molecule has 132 valence electrons. The topological polar surface area (TPSA) is 49.8 Å². The Morgan fingerprint density at radius 1 is 1.22 bits per heavy atom. The second kappa shape index (κ2) is 10.6. The number of benzene rings is 1. The van der Waals surface area contributed by atoms with Gasteiger partial charge in [-0.3, -0.25) is 0 Å². The van der Waals surface area contributed by atoms with Gasteiger partial charge in [-0.15, -0.1) is 12.4 Å². The van der Waals surface area contributed by atoms with Crippen LogP contribution in [0.15, 0.2) is 30.3 Å².